The van der Waals surface area contributed by atoms with Crippen LogP contribution in [0.25, 0.3) is 0 Å². The Hall–Kier alpha value is -2.42. The number of aromatic nitrogens is 2. The number of nitrogens with zero attached hydrogens (tertiary/aromatic N) is 2. The number of hydrogen-bond acceptors (Lipinski definition) is 3. The number of carbonyl (C=O) groups excluding carboxylic acids is 1. The van der Waals surface area contributed by atoms with E-state index in [1.165, 1.54) is 6.07 Å². The normalized spacial score (nSPS) is 11.8. The van der Waals surface area contributed by atoms with E-state index in [1.54, 1.807) is 42.2 Å². The molecule has 1 amide bonds. The summed E-state index contributed by atoms with van der Waals surface area (Å²) in [6.45, 7) is -1.45. The topological polar surface area (TPSA) is 56.2 Å². The first kappa shape index (κ1) is 18.9. The Bertz CT molecular complexity index is 719. The molecule has 2 rings (SSSR count). The number of ether oxygens (including phenoxy) is 1. The molecule has 0 saturated heterocycles. The van der Waals surface area contributed by atoms with Gasteiger partial charge in [-0.15, -0.1) is 0 Å². The predicted octanol–water partition coefficient (Wildman–Crippen LogP) is 2.77. The second-order valence-corrected chi connectivity index (χ2v) is 5.42. The Morgan fingerprint density at radius 1 is 1.36 bits per heavy atom. The SMILES string of the molecule is Cn1ccc(CNC(=O)c2cccc(COCC(F)(F)C(F)F)c2)n1. The van der Waals surface area contributed by atoms with Crippen molar-refractivity contribution in [3.05, 3.63) is 53.3 Å². The molecule has 0 fully saturated rings. The number of amides is 1. The molecular weight excluding hydrogens is 342 g/mol. The predicted molar refractivity (Wildman–Crippen MR) is 81.4 cm³/mol. The van der Waals surface area contributed by atoms with Gasteiger partial charge in [-0.05, 0) is 23.8 Å². The third-order valence-corrected chi connectivity index (χ3v) is 3.27. The number of benzene rings is 1. The molecular formula is C16H17F4N3O2. The Kier molecular flexibility index (Phi) is 6.13. The van der Waals surface area contributed by atoms with Gasteiger partial charge in [0.1, 0.15) is 6.61 Å². The minimum atomic E-state index is -4.20. The van der Waals surface area contributed by atoms with Crippen LogP contribution in [0.2, 0.25) is 0 Å². The van der Waals surface area contributed by atoms with Crippen LogP contribution in [-0.4, -0.2) is 34.6 Å². The number of aryl methyl sites for hydroxylation is 1. The van der Waals surface area contributed by atoms with Crippen molar-refractivity contribution in [3.63, 3.8) is 0 Å². The highest BCUT2D eigenvalue weighted by Gasteiger charge is 2.40. The minimum absolute atomic E-state index is 0.237. The second-order valence-electron chi connectivity index (χ2n) is 5.42. The van der Waals surface area contributed by atoms with Crippen molar-refractivity contribution in [2.45, 2.75) is 25.5 Å². The van der Waals surface area contributed by atoms with Crippen molar-refractivity contribution in [2.75, 3.05) is 6.61 Å². The van der Waals surface area contributed by atoms with Crippen LogP contribution in [0.5, 0.6) is 0 Å². The maximum atomic E-state index is 12.8. The zero-order valence-corrected chi connectivity index (χ0v) is 13.4. The molecule has 5 nitrogen and oxygen atoms in total. The van der Waals surface area contributed by atoms with Gasteiger partial charge in [-0.3, -0.25) is 9.48 Å². The lowest BCUT2D eigenvalue weighted by Gasteiger charge is -2.15. The van der Waals surface area contributed by atoms with Crippen LogP contribution < -0.4 is 5.32 Å². The smallest absolute Gasteiger partial charge is 0.330 e. The zero-order chi connectivity index (χ0) is 18.4. The zero-order valence-electron chi connectivity index (χ0n) is 13.4. The van der Waals surface area contributed by atoms with E-state index in [2.05, 4.69) is 15.2 Å². The van der Waals surface area contributed by atoms with Gasteiger partial charge in [0.25, 0.3) is 5.91 Å². The molecule has 0 bridgehead atoms. The van der Waals surface area contributed by atoms with Crippen LogP contribution in [0.3, 0.4) is 0 Å². The number of hydrogen-bond donors (Lipinski definition) is 1. The van der Waals surface area contributed by atoms with Gasteiger partial charge in [-0.25, -0.2) is 8.78 Å². The fourth-order valence-corrected chi connectivity index (χ4v) is 2.00. The molecule has 0 atom stereocenters. The Morgan fingerprint density at radius 2 is 2.12 bits per heavy atom. The minimum Gasteiger partial charge on any atom is -0.370 e. The fraction of sp³-hybridized carbons (Fsp3) is 0.375. The molecule has 0 saturated carbocycles. The van der Waals surface area contributed by atoms with Crippen molar-refractivity contribution in [1.29, 1.82) is 0 Å². The summed E-state index contributed by atoms with van der Waals surface area (Å²) in [7, 11) is 1.76. The van der Waals surface area contributed by atoms with Crippen molar-refractivity contribution in [1.82, 2.24) is 15.1 Å². The molecule has 0 aliphatic rings. The van der Waals surface area contributed by atoms with E-state index in [1.807, 2.05) is 0 Å². The lowest BCUT2D eigenvalue weighted by Crippen LogP contribution is -2.32. The van der Waals surface area contributed by atoms with Gasteiger partial charge in [0.05, 0.1) is 18.8 Å². The second kappa shape index (κ2) is 8.11. The Morgan fingerprint density at radius 3 is 2.76 bits per heavy atom. The molecule has 9 heteroatoms. The van der Waals surface area contributed by atoms with Crippen LogP contribution >= 0.6 is 0 Å². The molecule has 0 unspecified atom stereocenters. The molecule has 25 heavy (non-hydrogen) atoms. The monoisotopic (exact) mass is 359 g/mol. The number of carbonyl (C=O) groups is 1. The summed E-state index contributed by atoms with van der Waals surface area (Å²) >= 11 is 0. The van der Waals surface area contributed by atoms with Crippen LogP contribution in [0.1, 0.15) is 21.6 Å². The van der Waals surface area contributed by atoms with E-state index in [-0.39, 0.29) is 19.1 Å². The summed E-state index contributed by atoms with van der Waals surface area (Å²) in [5, 5.41) is 6.80. The average molecular weight is 359 g/mol. The number of alkyl halides is 4. The van der Waals surface area contributed by atoms with Crippen molar-refractivity contribution in [3.8, 4) is 0 Å². The number of rotatable bonds is 8. The first-order chi connectivity index (χ1) is 11.8. The fourth-order valence-electron chi connectivity index (χ4n) is 2.00. The lowest BCUT2D eigenvalue weighted by atomic mass is 10.1. The van der Waals surface area contributed by atoms with Gasteiger partial charge in [-0.1, -0.05) is 12.1 Å². The molecule has 1 N–H and O–H groups in total. The highest BCUT2D eigenvalue weighted by molar-refractivity contribution is 5.94. The van der Waals surface area contributed by atoms with Crippen molar-refractivity contribution < 1.29 is 27.1 Å². The van der Waals surface area contributed by atoms with Crippen LogP contribution in [-0.2, 0) is 24.9 Å². The highest BCUT2D eigenvalue weighted by Crippen LogP contribution is 2.23. The largest absolute Gasteiger partial charge is 0.370 e. The lowest BCUT2D eigenvalue weighted by molar-refractivity contribution is -0.168. The van der Waals surface area contributed by atoms with Crippen molar-refractivity contribution >= 4 is 5.91 Å². The molecule has 0 aliphatic carbocycles. The van der Waals surface area contributed by atoms with Gasteiger partial charge < -0.3 is 10.1 Å². The summed E-state index contributed by atoms with van der Waals surface area (Å²) < 4.78 is 55.9. The van der Waals surface area contributed by atoms with Crippen LogP contribution in [0, 0.1) is 0 Å². The van der Waals surface area contributed by atoms with Crippen LogP contribution in [0.15, 0.2) is 36.5 Å². The molecule has 0 spiro atoms. The standard InChI is InChI=1S/C16H17F4N3O2/c1-23-6-5-13(22-23)8-21-14(24)12-4-2-3-11(7-12)9-25-10-16(19,20)15(17)18/h2-7,15H,8-10H2,1H3,(H,21,24). The van der Waals surface area contributed by atoms with Gasteiger partial charge >= 0.3 is 12.3 Å². The van der Waals surface area contributed by atoms with Crippen LogP contribution in [0.4, 0.5) is 17.6 Å². The summed E-state index contributed by atoms with van der Waals surface area (Å²) in [5.41, 5.74) is 1.41. The average Bonchev–Trinajstić information content (AvgIpc) is 2.98. The molecule has 1 aromatic heterocycles. The van der Waals surface area contributed by atoms with Gasteiger partial charge in [0.15, 0.2) is 0 Å². The molecule has 136 valence electrons. The molecule has 1 aromatic carbocycles. The molecule has 1 heterocycles. The first-order valence-corrected chi connectivity index (χ1v) is 7.37. The molecule has 0 aliphatic heterocycles. The van der Waals surface area contributed by atoms with E-state index < -0.39 is 19.0 Å². The maximum absolute atomic E-state index is 12.8. The highest BCUT2D eigenvalue weighted by atomic mass is 19.3. The summed E-state index contributed by atoms with van der Waals surface area (Å²) in [4.78, 5) is 12.1. The number of halogens is 4. The summed E-state index contributed by atoms with van der Waals surface area (Å²) in [5.74, 6) is -4.57. The van der Waals surface area contributed by atoms with E-state index >= 15 is 0 Å². The number of nitrogens with one attached hydrogen (secondary N) is 1. The van der Waals surface area contributed by atoms with E-state index in [0.717, 1.165) is 0 Å². The Labute approximate surface area is 141 Å². The van der Waals surface area contributed by atoms with Gasteiger partial charge in [-0.2, -0.15) is 13.9 Å². The van der Waals surface area contributed by atoms with E-state index in [9.17, 15) is 22.4 Å². The van der Waals surface area contributed by atoms with E-state index in [4.69, 9.17) is 0 Å². The van der Waals surface area contributed by atoms with Gasteiger partial charge in [0.2, 0.25) is 0 Å². The quantitative estimate of drug-likeness (QED) is 0.738. The summed E-state index contributed by atoms with van der Waals surface area (Å²) in [6.07, 6.45) is -2.04. The Balaban J connectivity index is 1.88. The maximum Gasteiger partial charge on any atom is 0.330 e. The summed E-state index contributed by atoms with van der Waals surface area (Å²) in [6, 6.07) is 7.86. The first-order valence-electron chi connectivity index (χ1n) is 7.37. The van der Waals surface area contributed by atoms with Gasteiger partial charge in [0, 0.05) is 18.8 Å². The van der Waals surface area contributed by atoms with Crippen molar-refractivity contribution in [2.24, 2.45) is 7.05 Å². The third kappa shape index (κ3) is 5.56. The molecule has 0 radical (unpaired) electrons. The molecule has 2 aromatic rings. The van der Waals surface area contributed by atoms with E-state index in [0.29, 0.717) is 16.8 Å². The third-order valence-electron chi connectivity index (χ3n) is 3.27.